The highest BCUT2D eigenvalue weighted by molar-refractivity contribution is 5.13. The molecule has 0 atom stereocenters. The maximum absolute atomic E-state index is 9.16. The first-order valence-corrected chi connectivity index (χ1v) is 3.55. The number of aliphatic hydroxyl groups excluding tert-OH is 1. The molecule has 0 radical (unpaired) electrons. The fourth-order valence-corrected chi connectivity index (χ4v) is 1.17. The molecule has 4 heteroatoms. The molecule has 2 aliphatic heterocycles. The molecule has 11 heavy (non-hydrogen) atoms. The van der Waals surface area contributed by atoms with Gasteiger partial charge in [0.15, 0.2) is 0 Å². The van der Waals surface area contributed by atoms with Gasteiger partial charge in [-0.3, -0.25) is 5.01 Å². The smallest absolute Gasteiger partial charge is 0.136 e. The van der Waals surface area contributed by atoms with E-state index in [0.29, 0.717) is 13.2 Å². The molecule has 2 N–H and O–H groups in total. The summed E-state index contributed by atoms with van der Waals surface area (Å²) in [5.41, 5.74) is 4.12. The van der Waals surface area contributed by atoms with E-state index >= 15 is 0 Å². The highest BCUT2D eigenvalue weighted by Crippen LogP contribution is 2.13. The molecule has 0 aromatic carbocycles. The Kier molecular flexibility index (Phi) is 1.56. The zero-order valence-corrected chi connectivity index (χ0v) is 6.08. The maximum atomic E-state index is 9.16. The minimum absolute atomic E-state index is 0.253. The Bertz CT molecular complexity index is 222. The van der Waals surface area contributed by atoms with E-state index in [9.17, 15) is 0 Å². The Labute approximate surface area is 64.7 Å². The molecule has 0 fully saturated rings. The maximum Gasteiger partial charge on any atom is 0.136 e. The summed E-state index contributed by atoms with van der Waals surface area (Å²) in [6.07, 6.45) is 3.68. The lowest BCUT2D eigenvalue weighted by atomic mass is 10.4. The SMILES string of the molecule is OC1=CN2NCC=C2COC1. The van der Waals surface area contributed by atoms with Gasteiger partial charge in [0, 0.05) is 6.54 Å². The first kappa shape index (κ1) is 6.69. The summed E-state index contributed by atoms with van der Waals surface area (Å²) in [6.45, 7) is 1.67. The lowest BCUT2D eigenvalue weighted by Crippen LogP contribution is -2.27. The molecule has 0 saturated heterocycles. The van der Waals surface area contributed by atoms with Crippen LogP contribution in [0, 0.1) is 0 Å². The van der Waals surface area contributed by atoms with E-state index in [1.807, 2.05) is 6.08 Å². The van der Waals surface area contributed by atoms with Crippen LogP contribution >= 0.6 is 0 Å². The summed E-state index contributed by atoms with van der Waals surface area (Å²) >= 11 is 0. The Morgan fingerprint density at radius 1 is 1.55 bits per heavy atom. The average molecular weight is 154 g/mol. The molecule has 2 heterocycles. The minimum Gasteiger partial charge on any atom is -0.508 e. The van der Waals surface area contributed by atoms with Crippen LogP contribution in [0.5, 0.6) is 0 Å². The van der Waals surface area contributed by atoms with E-state index in [-0.39, 0.29) is 5.76 Å². The summed E-state index contributed by atoms with van der Waals surface area (Å²) in [6, 6.07) is 0. The molecule has 0 aromatic rings. The van der Waals surface area contributed by atoms with Crippen LogP contribution in [0.3, 0.4) is 0 Å². The van der Waals surface area contributed by atoms with Crippen molar-refractivity contribution in [2.45, 2.75) is 0 Å². The normalized spacial score (nSPS) is 23.8. The second-order valence-corrected chi connectivity index (χ2v) is 2.54. The van der Waals surface area contributed by atoms with Crippen LogP contribution in [0.1, 0.15) is 0 Å². The van der Waals surface area contributed by atoms with E-state index in [1.54, 1.807) is 11.2 Å². The molecule has 2 rings (SSSR count). The highest BCUT2D eigenvalue weighted by atomic mass is 16.5. The summed E-state index contributed by atoms with van der Waals surface area (Å²) in [5, 5.41) is 11.0. The van der Waals surface area contributed by atoms with Crippen molar-refractivity contribution in [1.82, 2.24) is 10.4 Å². The van der Waals surface area contributed by atoms with Gasteiger partial charge in [-0.1, -0.05) is 0 Å². The number of aliphatic hydroxyl groups is 1. The Hall–Kier alpha value is -1.00. The molecule has 0 aliphatic carbocycles. The number of rotatable bonds is 0. The number of hydrogen-bond acceptors (Lipinski definition) is 4. The first-order chi connectivity index (χ1) is 5.36. The molecular formula is C7H10N2O2. The van der Waals surface area contributed by atoms with Crippen molar-refractivity contribution >= 4 is 0 Å². The standard InChI is InChI=1S/C7H10N2O2/c10-7-3-9-6(1-2-8-9)4-11-5-7/h1,3,8,10H,2,4-5H2. The summed E-state index contributed by atoms with van der Waals surface area (Å²) in [4.78, 5) is 0. The predicted molar refractivity (Wildman–Crippen MR) is 39.5 cm³/mol. The summed E-state index contributed by atoms with van der Waals surface area (Å²) in [7, 11) is 0. The van der Waals surface area contributed by atoms with Crippen LogP contribution in [0.4, 0.5) is 0 Å². The van der Waals surface area contributed by atoms with Gasteiger partial charge < -0.3 is 9.84 Å². The van der Waals surface area contributed by atoms with Crippen molar-refractivity contribution < 1.29 is 9.84 Å². The molecule has 0 amide bonds. The molecule has 0 bridgehead atoms. The summed E-state index contributed by atoms with van der Waals surface area (Å²) < 4.78 is 5.15. The quantitative estimate of drug-likeness (QED) is 0.520. The van der Waals surface area contributed by atoms with Gasteiger partial charge in [0.1, 0.15) is 12.4 Å². The van der Waals surface area contributed by atoms with E-state index < -0.39 is 0 Å². The van der Waals surface area contributed by atoms with Crippen molar-refractivity contribution in [3.05, 3.63) is 23.7 Å². The molecule has 60 valence electrons. The topological polar surface area (TPSA) is 44.7 Å². The molecular weight excluding hydrogens is 144 g/mol. The van der Waals surface area contributed by atoms with Gasteiger partial charge in [-0.25, -0.2) is 5.43 Å². The monoisotopic (exact) mass is 154 g/mol. The van der Waals surface area contributed by atoms with Crippen LogP contribution in [0.25, 0.3) is 0 Å². The van der Waals surface area contributed by atoms with E-state index in [1.165, 1.54) is 0 Å². The van der Waals surface area contributed by atoms with Gasteiger partial charge in [0.05, 0.1) is 18.5 Å². The minimum atomic E-state index is 0.253. The largest absolute Gasteiger partial charge is 0.508 e. The van der Waals surface area contributed by atoms with Crippen molar-refractivity contribution in [3.63, 3.8) is 0 Å². The summed E-state index contributed by atoms with van der Waals surface area (Å²) in [5.74, 6) is 0.253. The number of nitrogens with zero attached hydrogens (tertiary/aromatic N) is 1. The number of hydrazine groups is 1. The third-order valence-electron chi connectivity index (χ3n) is 1.69. The predicted octanol–water partition coefficient (Wildman–Crippen LogP) is 0.120. The van der Waals surface area contributed by atoms with Crippen molar-refractivity contribution in [1.29, 1.82) is 0 Å². The van der Waals surface area contributed by atoms with Gasteiger partial charge in [0.2, 0.25) is 0 Å². The number of fused-ring (bicyclic) bond motifs is 1. The highest BCUT2D eigenvalue weighted by Gasteiger charge is 2.16. The van der Waals surface area contributed by atoms with E-state index in [0.717, 1.165) is 12.2 Å². The average Bonchev–Trinajstić information content (AvgIpc) is 2.31. The second-order valence-electron chi connectivity index (χ2n) is 2.54. The van der Waals surface area contributed by atoms with E-state index in [4.69, 9.17) is 9.84 Å². The van der Waals surface area contributed by atoms with Crippen molar-refractivity contribution in [2.24, 2.45) is 0 Å². The Morgan fingerprint density at radius 3 is 3.36 bits per heavy atom. The van der Waals surface area contributed by atoms with Gasteiger partial charge in [-0.05, 0) is 6.08 Å². The number of hydrogen-bond donors (Lipinski definition) is 2. The van der Waals surface area contributed by atoms with Crippen LogP contribution in [-0.2, 0) is 4.74 Å². The molecule has 0 spiro atoms. The zero-order chi connectivity index (χ0) is 7.68. The van der Waals surface area contributed by atoms with Crippen LogP contribution in [0.15, 0.2) is 23.7 Å². The van der Waals surface area contributed by atoms with Crippen LogP contribution in [-0.4, -0.2) is 29.9 Å². The number of ether oxygens (including phenoxy) is 1. The third kappa shape index (κ3) is 1.22. The molecule has 0 aromatic heterocycles. The van der Waals surface area contributed by atoms with Gasteiger partial charge in [0.25, 0.3) is 0 Å². The molecule has 0 saturated carbocycles. The Balaban J connectivity index is 2.20. The van der Waals surface area contributed by atoms with Crippen LogP contribution in [0.2, 0.25) is 0 Å². The Morgan fingerprint density at radius 2 is 2.45 bits per heavy atom. The van der Waals surface area contributed by atoms with Gasteiger partial charge in [-0.15, -0.1) is 0 Å². The third-order valence-corrected chi connectivity index (χ3v) is 1.69. The molecule has 4 nitrogen and oxygen atoms in total. The van der Waals surface area contributed by atoms with Gasteiger partial charge >= 0.3 is 0 Å². The van der Waals surface area contributed by atoms with Crippen molar-refractivity contribution in [3.8, 4) is 0 Å². The molecule has 2 aliphatic rings. The van der Waals surface area contributed by atoms with Crippen molar-refractivity contribution in [2.75, 3.05) is 19.8 Å². The fraction of sp³-hybridized carbons (Fsp3) is 0.429. The number of nitrogens with one attached hydrogen (secondary N) is 1. The second kappa shape index (κ2) is 2.56. The first-order valence-electron chi connectivity index (χ1n) is 3.55. The van der Waals surface area contributed by atoms with E-state index in [2.05, 4.69) is 5.43 Å². The van der Waals surface area contributed by atoms with Crippen LogP contribution < -0.4 is 5.43 Å². The lowest BCUT2D eigenvalue weighted by Gasteiger charge is -2.14. The van der Waals surface area contributed by atoms with Gasteiger partial charge in [-0.2, -0.15) is 0 Å². The molecule has 0 unspecified atom stereocenters. The lowest BCUT2D eigenvalue weighted by molar-refractivity contribution is 0.146. The zero-order valence-electron chi connectivity index (χ0n) is 6.08. The fourth-order valence-electron chi connectivity index (χ4n) is 1.17.